The van der Waals surface area contributed by atoms with Crippen molar-refractivity contribution in [3.63, 3.8) is 0 Å². The molecule has 1 amide bonds. The molecule has 1 aromatic carbocycles. The molecule has 0 unspecified atom stereocenters. The monoisotopic (exact) mass is 289 g/mol. The summed E-state index contributed by atoms with van der Waals surface area (Å²) in [5.74, 6) is -1.19. The molecule has 0 saturated heterocycles. The zero-order valence-electron chi connectivity index (χ0n) is 11.8. The molecule has 0 aliphatic rings. The van der Waals surface area contributed by atoms with E-state index in [2.05, 4.69) is 20.3 Å². The van der Waals surface area contributed by atoms with Crippen LogP contribution in [0.4, 0.5) is 0 Å². The molecular formula is C14H15N3O4. The molecule has 0 aliphatic carbocycles. The Labute approximate surface area is 121 Å². The van der Waals surface area contributed by atoms with Gasteiger partial charge in [-0.25, -0.2) is 4.79 Å². The van der Waals surface area contributed by atoms with Crippen molar-refractivity contribution in [3.8, 4) is 11.5 Å². The molecule has 0 fully saturated rings. The third-order valence-corrected chi connectivity index (χ3v) is 2.70. The van der Waals surface area contributed by atoms with Gasteiger partial charge in [-0.05, 0) is 25.5 Å². The lowest BCUT2D eigenvalue weighted by molar-refractivity contribution is -0.154. The van der Waals surface area contributed by atoms with Crippen LogP contribution in [0.1, 0.15) is 18.4 Å². The van der Waals surface area contributed by atoms with Crippen LogP contribution in [0.15, 0.2) is 28.7 Å². The minimum Gasteiger partial charge on any atom is -0.459 e. The zero-order valence-corrected chi connectivity index (χ0v) is 11.8. The molecule has 110 valence electrons. The lowest BCUT2D eigenvalue weighted by Gasteiger charge is -2.01. The Kier molecular flexibility index (Phi) is 4.65. The number of ether oxygens (including phenoxy) is 1. The van der Waals surface area contributed by atoms with Gasteiger partial charge in [-0.3, -0.25) is 4.79 Å². The van der Waals surface area contributed by atoms with Gasteiger partial charge < -0.3 is 14.5 Å². The number of esters is 1. The number of carbonyl (C=O) groups is 2. The average molecular weight is 289 g/mol. The van der Waals surface area contributed by atoms with Gasteiger partial charge in [0, 0.05) is 5.56 Å². The third-order valence-electron chi connectivity index (χ3n) is 2.70. The second-order valence-electron chi connectivity index (χ2n) is 4.22. The molecule has 0 radical (unpaired) electrons. The highest BCUT2D eigenvalue weighted by molar-refractivity contribution is 6.32. The number of nitrogens with zero attached hydrogens (tertiary/aromatic N) is 2. The second kappa shape index (κ2) is 6.65. The van der Waals surface area contributed by atoms with Crippen LogP contribution in [-0.4, -0.2) is 28.7 Å². The Morgan fingerprint density at radius 2 is 2.05 bits per heavy atom. The molecule has 0 spiro atoms. The van der Waals surface area contributed by atoms with E-state index >= 15 is 0 Å². The van der Waals surface area contributed by atoms with Gasteiger partial charge in [0.2, 0.25) is 11.8 Å². The fourth-order valence-corrected chi connectivity index (χ4v) is 1.67. The van der Waals surface area contributed by atoms with Crippen LogP contribution in [0.25, 0.3) is 11.5 Å². The van der Waals surface area contributed by atoms with Crippen molar-refractivity contribution in [2.24, 2.45) is 0 Å². The summed E-state index contributed by atoms with van der Waals surface area (Å²) in [5, 5.41) is 10.1. The average Bonchev–Trinajstić information content (AvgIpc) is 2.94. The van der Waals surface area contributed by atoms with Crippen LogP contribution in [-0.2, 0) is 20.9 Å². The highest BCUT2D eigenvalue weighted by atomic mass is 16.5. The maximum atomic E-state index is 11.4. The number of amides is 1. The Balaban J connectivity index is 2.00. The zero-order chi connectivity index (χ0) is 15.2. The van der Waals surface area contributed by atoms with E-state index in [1.165, 1.54) is 0 Å². The summed E-state index contributed by atoms with van der Waals surface area (Å²) >= 11 is 0. The number of nitrogens with one attached hydrogen (secondary N) is 1. The lowest BCUT2D eigenvalue weighted by Crippen LogP contribution is -2.32. The van der Waals surface area contributed by atoms with Crippen molar-refractivity contribution >= 4 is 11.9 Å². The maximum Gasteiger partial charge on any atom is 0.396 e. The molecule has 7 heteroatoms. The van der Waals surface area contributed by atoms with Crippen LogP contribution in [0.5, 0.6) is 0 Å². The molecule has 0 atom stereocenters. The van der Waals surface area contributed by atoms with Crippen molar-refractivity contribution < 1.29 is 18.7 Å². The summed E-state index contributed by atoms with van der Waals surface area (Å²) in [6.45, 7) is 3.67. The van der Waals surface area contributed by atoms with Crippen LogP contribution in [0, 0.1) is 6.92 Å². The van der Waals surface area contributed by atoms with Crippen molar-refractivity contribution in [1.29, 1.82) is 0 Å². The maximum absolute atomic E-state index is 11.4. The van der Waals surface area contributed by atoms with E-state index in [0.29, 0.717) is 5.89 Å². The van der Waals surface area contributed by atoms with E-state index in [9.17, 15) is 9.59 Å². The molecule has 1 aromatic heterocycles. The third kappa shape index (κ3) is 3.65. The lowest BCUT2D eigenvalue weighted by atomic mass is 10.1. The molecule has 21 heavy (non-hydrogen) atoms. The highest BCUT2D eigenvalue weighted by Gasteiger charge is 2.16. The van der Waals surface area contributed by atoms with E-state index in [1.807, 2.05) is 31.2 Å². The van der Waals surface area contributed by atoms with E-state index in [-0.39, 0.29) is 19.0 Å². The molecule has 1 N–H and O–H groups in total. The summed E-state index contributed by atoms with van der Waals surface area (Å²) < 4.78 is 10.0. The summed E-state index contributed by atoms with van der Waals surface area (Å²) in [6, 6.07) is 7.58. The van der Waals surface area contributed by atoms with Crippen molar-refractivity contribution in [2.75, 3.05) is 6.61 Å². The summed E-state index contributed by atoms with van der Waals surface area (Å²) in [7, 11) is 0. The smallest absolute Gasteiger partial charge is 0.396 e. The Morgan fingerprint density at radius 3 is 2.76 bits per heavy atom. The first-order valence-corrected chi connectivity index (χ1v) is 6.45. The van der Waals surface area contributed by atoms with E-state index < -0.39 is 11.9 Å². The van der Waals surface area contributed by atoms with Gasteiger partial charge >= 0.3 is 11.9 Å². The molecule has 0 saturated carbocycles. The topological polar surface area (TPSA) is 94.3 Å². The van der Waals surface area contributed by atoms with Crippen LogP contribution in [0.2, 0.25) is 0 Å². The summed E-state index contributed by atoms with van der Waals surface area (Å²) in [4.78, 5) is 22.5. The summed E-state index contributed by atoms with van der Waals surface area (Å²) in [6.07, 6.45) is 0. The van der Waals surface area contributed by atoms with Gasteiger partial charge in [-0.1, -0.05) is 18.2 Å². The Hall–Kier alpha value is -2.70. The molecular weight excluding hydrogens is 274 g/mol. The Bertz CT molecular complexity index is 651. The van der Waals surface area contributed by atoms with Gasteiger partial charge in [-0.15, -0.1) is 10.2 Å². The first-order valence-electron chi connectivity index (χ1n) is 6.45. The Morgan fingerprint density at radius 1 is 1.29 bits per heavy atom. The van der Waals surface area contributed by atoms with Crippen molar-refractivity contribution in [1.82, 2.24) is 15.5 Å². The quantitative estimate of drug-likeness (QED) is 0.672. The van der Waals surface area contributed by atoms with Crippen LogP contribution >= 0.6 is 0 Å². The van der Waals surface area contributed by atoms with Gasteiger partial charge in [0.05, 0.1) is 13.2 Å². The van der Waals surface area contributed by atoms with Crippen LogP contribution < -0.4 is 5.32 Å². The van der Waals surface area contributed by atoms with Gasteiger partial charge in [-0.2, -0.15) is 0 Å². The van der Waals surface area contributed by atoms with Gasteiger partial charge in [0.15, 0.2) is 0 Å². The highest BCUT2D eigenvalue weighted by Crippen LogP contribution is 2.21. The number of aromatic nitrogens is 2. The number of hydrogen-bond acceptors (Lipinski definition) is 6. The molecule has 2 aromatic rings. The molecule has 1 heterocycles. The minimum absolute atomic E-state index is 0.0312. The van der Waals surface area contributed by atoms with E-state index in [1.54, 1.807) is 6.92 Å². The predicted octanol–water partition coefficient (Wildman–Crippen LogP) is 1.22. The summed E-state index contributed by atoms with van der Waals surface area (Å²) in [5.41, 5.74) is 1.83. The first-order chi connectivity index (χ1) is 10.1. The standard InChI is InChI=1S/C14H15N3O4/c1-3-20-14(19)12(18)15-8-11-16-17-13(21-11)10-7-5-4-6-9(10)2/h4-7H,3,8H2,1-2H3,(H,15,18). The fraction of sp³-hybridized carbons (Fsp3) is 0.286. The largest absolute Gasteiger partial charge is 0.459 e. The number of aryl methyl sites for hydroxylation is 1. The van der Waals surface area contributed by atoms with Crippen molar-refractivity contribution in [2.45, 2.75) is 20.4 Å². The van der Waals surface area contributed by atoms with E-state index in [4.69, 9.17) is 4.42 Å². The predicted molar refractivity (Wildman–Crippen MR) is 73.0 cm³/mol. The minimum atomic E-state index is -0.934. The second-order valence-corrected chi connectivity index (χ2v) is 4.22. The molecule has 7 nitrogen and oxygen atoms in total. The van der Waals surface area contributed by atoms with Crippen LogP contribution in [0.3, 0.4) is 0 Å². The van der Waals surface area contributed by atoms with Gasteiger partial charge in [0.25, 0.3) is 0 Å². The molecule has 2 rings (SSSR count). The fourth-order valence-electron chi connectivity index (χ4n) is 1.67. The van der Waals surface area contributed by atoms with Gasteiger partial charge in [0.1, 0.15) is 0 Å². The number of hydrogen-bond donors (Lipinski definition) is 1. The molecule has 0 aliphatic heterocycles. The normalized spacial score (nSPS) is 10.2. The number of carbonyl (C=O) groups excluding carboxylic acids is 2. The number of rotatable bonds is 4. The number of benzene rings is 1. The van der Waals surface area contributed by atoms with Crippen molar-refractivity contribution in [3.05, 3.63) is 35.7 Å². The first kappa shape index (κ1) is 14.7. The molecule has 0 bridgehead atoms. The SMILES string of the molecule is CCOC(=O)C(=O)NCc1nnc(-c2ccccc2C)o1. The van der Waals surface area contributed by atoms with E-state index in [0.717, 1.165) is 11.1 Å².